The summed E-state index contributed by atoms with van der Waals surface area (Å²) in [4.78, 5) is 24.7. The van der Waals surface area contributed by atoms with Crippen LogP contribution in [0.1, 0.15) is 41.0 Å². The van der Waals surface area contributed by atoms with Crippen molar-refractivity contribution in [3.8, 4) is 5.75 Å². The van der Waals surface area contributed by atoms with Crippen molar-refractivity contribution in [3.63, 3.8) is 0 Å². The number of rotatable bonds is 8. The molecule has 0 heterocycles. The van der Waals surface area contributed by atoms with Gasteiger partial charge in [-0.2, -0.15) is 0 Å². The number of thiocarbonyl (C=S) groups is 1. The van der Waals surface area contributed by atoms with E-state index in [2.05, 4.69) is 29.8 Å². The minimum absolute atomic E-state index is 0.179. The van der Waals surface area contributed by atoms with E-state index >= 15 is 0 Å². The maximum atomic E-state index is 12.4. The average molecular weight is 462 g/mol. The van der Waals surface area contributed by atoms with E-state index in [1.165, 1.54) is 0 Å². The summed E-state index contributed by atoms with van der Waals surface area (Å²) in [6.45, 7) is 4.93. The smallest absolute Gasteiger partial charge is 0.257 e. The SMILES string of the molecule is CC(C)CCOc1ccc(C(=O)NC(=S)Nc2ccc(NC(=O)c3ccccc3)cc2)cc1. The van der Waals surface area contributed by atoms with Gasteiger partial charge in [0.2, 0.25) is 0 Å². The lowest BCUT2D eigenvalue weighted by Gasteiger charge is -2.11. The Morgan fingerprint density at radius 1 is 0.788 bits per heavy atom. The van der Waals surface area contributed by atoms with Gasteiger partial charge in [0.1, 0.15) is 5.75 Å². The Kier molecular flexibility index (Phi) is 8.55. The van der Waals surface area contributed by atoms with Crippen LogP contribution in [-0.2, 0) is 0 Å². The molecule has 2 amide bonds. The van der Waals surface area contributed by atoms with Crippen LogP contribution in [0, 0.1) is 5.92 Å². The summed E-state index contributed by atoms with van der Waals surface area (Å²) in [5.74, 6) is 0.809. The summed E-state index contributed by atoms with van der Waals surface area (Å²) in [6.07, 6.45) is 0.975. The molecule has 0 radical (unpaired) electrons. The predicted octanol–water partition coefficient (Wildman–Crippen LogP) is 5.49. The molecule has 33 heavy (non-hydrogen) atoms. The second kappa shape index (κ2) is 11.8. The molecule has 0 aliphatic rings. The molecule has 0 aliphatic carbocycles. The van der Waals surface area contributed by atoms with Gasteiger partial charge < -0.3 is 15.4 Å². The zero-order valence-electron chi connectivity index (χ0n) is 18.6. The van der Waals surface area contributed by atoms with E-state index in [4.69, 9.17) is 17.0 Å². The topological polar surface area (TPSA) is 79.5 Å². The normalized spacial score (nSPS) is 10.4. The minimum Gasteiger partial charge on any atom is -0.494 e. The summed E-state index contributed by atoms with van der Waals surface area (Å²) in [7, 11) is 0. The van der Waals surface area contributed by atoms with Crippen LogP contribution in [0.15, 0.2) is 78.9 Å². The molecular formula is C26H27N3O3S. The second-order valence-corrected chi connectivity index (χ2v) is 8.27. The lowest BCUT2D eigenvalue weighted by atomic mass is 10.1. The maximum absolute atomic E-state index is 12.4. The largest absolute Gasteiger partial charge is 0.494 e. The van der Waals surface area contributed by atoms with Crippen molar-refractivity contribution in [2.24, 2.45) is 5.92 Å². The van der Waals surface area contributed by atoms with Gasteiger partial charge >= 0.3 is 0 Å². The minimum atomic E-state index is -0.312. The molecule has 6 nitrogen and oxygen atoms in total. The van der Waals surface area contributed by atoms with Crippen LogP contribution in [0.4, 0.5) is 11.4 Å². The molecule has 0 saturated carbocycles. The third kappa shape index (κ3) is 7.73. The van der Waals surface area contributed by atoms with E-state index in [9.17, 15) is 9.59 Å². The fraction of sp³-hybridized carbons (Fsp3) is 0.192. The van der Waals surface area contributed by atoms with Crippen molar-refractivity contribution < 1.29 is 14.3 Å². The molecule has 170 valence electrons. The molecule has 3 aromatic carbocycles. The summed E-state index contributed by atoms with van der Waals surface area (Å²) in [5.41, 5.74) is 2.40. The highest BCUT2D eigenvalue weighted by atomic mass is 32.1. The number of nitrogens with one attached hydrogen (secondary N) is 3. The van der Waals surface area contributed by atoms with Crippen molar-refractivity contribution in [1.29, 1.82) is 0 Å². The van der Waals surface area contributed by atoms with Crippen LogP contribution >= 0.6 is 12.2 Å². The maximum Gasteiger partial charge on any atom is 0.257 e. The monoisotopic (exact) mass is 461 g/mol. The Balaban J connectivity index is 1.48. The third-order valence-corrected chi connectivity index (χ3v) is 4.95. The number of carbonyl (C=O) groups excluding carboxylic acids is 2. The molecule has 7 heteroatoms. The van der Waals surface area contributed by atoms with E-state index < -0.39 is 0 Å². The Bertz CT molecular complexity index is 1080. The van der Waals surface area contributed by atoms with E-state index in [0.717, 1.165) is 12.2 Å². The van der Waals surface area contributed by atoms with Gasteiger partial charge in [-0.05, 0) is 85.2 Å². The van der Waals surface area contributed by atoms with Gasteiger partial charge in [0.05, 0.1) is 6.61 Å². The molecule has 3 N–H and O–H groups in total. The Morgan fingerprint density at radius 3 is 1.97 bits per heavy atom. The lowest BCUT2D eigenvalue weighted by Crippen LogP contribution is -2.34. The van der Waals surface area contributed by atoms with Gasteiger partial charge in [0, 0.05) is 22.5 Å². The van der Waals surface area contributed by atoms with E-state index in [0.29, 0.717) is 35.0 Å². The summed E-state index contributed by atoms with van der Waals surface area (Å²) >= 11 is 5.25. The van der Waals surface area contributed by atoms with Crippen molar-refractivity contribution in [2.45, 2.75) is 20.3 Å². The quantitative estimate of drug-likeness (QED) is 0.387. The van der Waals surface area contributed by atoms with Crippen LogP contribution in [0.5, 0.6) is 5.75 Å². The zero-order chi connectivity index (χ0) is 23.6. The van der Waals surface area contributed by atoms with E-state index in [1.54, 1.807) is 60.7 Å². The fourth-order valence-corrected chi connectivity index (χ4v) is 3.09. The van der Waals surface area contributed by atoms with Crippen molar-refractivity contribution >= 4 is 40.5 Å². The molecule has 0 spiro atoms. The predicted molar refractivity (Wildman–Crippen MR) is 136 cm³/mol. The van der Waals surface area contributed by atoms with Crippen LogP contribution in [0.3, 0.4) is 0 Å². The van der Waals surface area contributed by atoms with Gasteiger partial charge in [-0.25, -0.2) is 0 Å². The second-order valence-electron chi connectivity index (χ2n) is 7.86. The highest BCUT2D eigenvalue weighted by Gasteiger charge is 2.09. The molecule has 0 fully saturated rings. The zero-order valence-corrected chi connectivity index (χ0v) is 19.4. The fourth-order valence-electron chi connectivity index (χ4n) is 2.88. The number of hydrogen-bond donors (Lipinski definition) is 3. The van der Waals surface area contributed by atoms with Crippen LogP contribution < -0.4 is 20.7 Å². The van der Waals surface area contributed by atoms with Crippen LogP contribution in [0.25, 0.3) is 0 Å². The number of benzene rings is 3. The molecule has 0 bridgehead atoms. The highest BCUT2D eigenvalue weighted by molar-refractivity contribution is 7.80. The van der Waals surface area contributed by atoms with Gasteiger partial charge in [-0.1, -0.05) is 32.0 Å². The first-order valence-corrected chi connectivity index (χ1v) is 11.1. The van der Waals surface area contributed by atoms with Gasteiger partial charge in [0.15, 0.2) is 5.11 Å². The van der Waals surface area contributed by atoms with Crippen molar-refractivity contribution in [2.75, 3.05) is 17.2 Å². The average Bonchev–Trinajstić information content (AvgIpc) is 2.81. The first kappa shape index (κ1) is 23.9. The number of ether oxygens (including phenoxy) is 1. The van der Waals surface area contributed by atoms with Gasteiger partial charge in [-0.15, -0.1) is 0 Å². The number of anilines is 2. The molecule has 0 aliphatic heterocycles. The van der Waals surface area contributed by atoms with Crippen molar-refractivity contribution in [3.05, 3.63) is 90.0 Å². The standard InChI is InChI=1S/C26H27N3O3S/c1-18(2)16-17-32-23-14-8-20(9-15-23)25(31)29-26(33)28-22-12-10-21(11-13-22)27-24(30)19-6-4-3-5-7-19/h3-15,18H,16-17H2,1-2H3,(H,27,30)(H2,28,29,31,33). The van der Waals surface area contributed by atoms with Crippen LogP contribution in [0.2, 0.25) is 0 Å². The highest BCUT2D eigenvalue weighted by Crippen LogP contribution is 2.16. The Morgan fingerprint density at radius 2 is 1.36 bits per heavy atom. The first-order chi connectivity index (χ1) is 15.9. The third-order valence-electron chi connectivity index (χ3n) is 4.74. The van der Waals surface area contributed by atoms with Gasteiger partial charge in [0.25, 0.3) is 11.8 Å². The summed E-state index contributed by atoms with van der Waals surface area (Å²) in [6, 6.07) is 23.0. The van der Waals surface area contributed by atoms with E-state index in [1.807, 2.05) is 18.2 Å². The Hall–Kier alpha value is -3.71. The van der Waals surface area contributed by atoms with Crippen molar-refractivity contribution in [1.82, 2.24) is 5.32 Å². The molecule has 0 unspecified atom stereocenters. The number of hydrogen-bond acceptors (Lipinski definition) is 4. The summed E-state index contributed by atoms with van der Waals surface area (Å²) in [5, 5.41) is 8.64. The first-order valence-electron chi connectivity index (χ1n) is 10.7. The number of amides is 2. The molecule has 3 aromatic rings. The van der Waals surface area contributed by atoms with Gasteiger partial charge in [-0.3, -0.25) is 14.9 Å². The molecule has 0 saturated heterocycles. The number of carbonyl (C=O) groups is 2. The van der Waals surface area contributed by atoms with Crippen LogP contribution in [-0.4, -0.2) is 23.5 Å². The molecular weight excluding hydrogens is 434 g/mol. The molecule has 0 atom stereocenters. The van der Waals surface area contributed by atoms with E-state index in [-0.39, 0.29) is 16.9 Å². The lowest BCUT2D eigenvalue weighted by molar-refractivity contribution is 0.0976. The molecule has 0 aromatic heterocycles. The Labute approximate surface area is 199 Å². The molecule has 3 rings (SSSR count). The summed E-state index contributed by atoms with van der Waals surface area (Å²) < 4.78 is 5.67.